The van der Waals surface area contributed by atoms with E-state index in [0.29, 0.717) is 35.5 Å². The lowest BCUT2D eigenvalue weighted by Gasteiger charge is -2.33. The van der Waals surface area contributed by atoms with Crippen molar-refractivity contribution in [3.63, 3.8) is 0 Å². The number of hydrogen-bond acceptors (Lipinski definition) is 6. The normalized spacial score (nSPS) is 23.1. The first kappa shape index (κ1) is 37.6. The van der Waals surface area contributed by atoms with Crippen molar-refractivity contribution in [2.75, 3.05) is 0 Å². The van der Waals surface area contributed by atoms with Crippen molar-refractivity contribution < 1.29 is 10.2 Å². The zero-order valence-corrected chi connectivity index (χ0v) is 34.2. The van der Waals surface area contributed by atoms with Gasteiger partial charge < -0.3 is 19.0 Å². The molecule has 8 nitrogen and oxygen atoms in total. The molecule has 4 saturated carbocycles. The molecule has 2 N–H and O–H groups in total. The summed E-state index contributed by atoms with van der Waals surface area (Å²) in [5.41, 5.74) is 11.9. The Labute approximate surface area is 351 Å². The van der Waals surface area contributed by atoms with Gasteiger partial charge in [-0.2, -0.15) is 0 Å². The molecule has 0 unspecified atom stereocenters. The number of imidazole rings is 2. The van der Waals surface area contributed by atoms with Crippen LogP contribution in [0.1, 0.15) is 147 Å². The molecule has 0 amide bonds. The summed E-state index contributed by atoms with van der Waals surface area (Å²) in [6.45, 7) is 0. The van der Waals surface area contributed by atoms with Crippen LogP contribution < -0.4 is 0 Å². The monoisotopic (exact) mass is 794 g/mol. The summed E-state index contributed by atoms with van der Waals surface area (Å²) in [6.07, 6.45) is 24.1. The maximum atomic E-state index is 11.5. The molecule has 4 fully saturated rings. The topological polar surface area (TPSA) is 101 Å². The van der Waals surface area contributed by atoms with Crippen LogP contribution in [0, 0.1) is 11.8 Å². The number of nitrogens with zero attached hydrogens (tertiary/aromatic N) is 6. The zero-order chi connectivity index (χ0) is 40.2. The number of aromatic nitrogens is 6. The zero-order valence-electron chi connectivity index (χ0n) is 34.2. The second kappa shape index (κ2) is 15.9. The van der Waals surface area contributed by atoms with Crippen molar-refractivity contribution in [1.29, 1.82) is 0 Å². The summed E-state index contributed by atoms with van der Waals surface area (Å²) in [6, 6.07) is 30.4. The van der Waals surface area contributed by atoms with E-state index in [1.54, 1.807) is 0 Å². The molecular formula is C52H54N6O2. The molecule has 8 heteroatoms. The van der Waals surface area contributed by atoms with Gasteiger partial charge in [0.2, 0.25) is 0 Å². The lowest BCUT2D eigenvalue weighted by Crippen LogP contribution is -2.22. The Kier molecular flexibility index (Phi) is 9.93. The van der Waals surface area contributed by atoms with Crippen molar-refractivity contribution in [3.05, 3.63) is 156 Å². The first-order valence-electron chi connectivity index (χ1n) is 22.5. The fourth-order valence-electron chi connectivity index (χ4n) is 10.8. The van der Waals surface area contributed by atoms with Gasteiger partial charge in [-0.3, -0.25) is 9.97 Å². The number of hydrogen-bond donors (Lipinski definition) is 2. The largest absolute Gasteiger partial charge is 0.387 e. The van der Waals surface area contributed by atoms with Gasteiger partial charge in [0.15, 0.2) is 0 Å². The lowest BCUT2D eigenvalue weighted by atomic mass is 9.75. The summed E-state index contributed by atoms with van der Waals surface area (Å²) in [7, 11) is 0. The van der Waals surface area contributed by atoms with Crippen LogP contribution in [0.3, 0.4) is 0 Å². The quantitative estimate of drug-likeness (QED) is 0.159. The second-order valence-corrected chi connectivity index (χ2v) is 18.3. The molecule has 8 aromatic rings. The third-order valence-corrected chi connectivity index (χ3v) is 14.5. The van der Waals surface area contributed by atoms with Crippen LogP contribution in [0.4, 0.5) is 0 Å². The van der Waals surface area contributed by atoms with Crippen LogP contribution in [0.2, 0.25) is 0 Å². The molecule has 0 saturated heterocycles. The molecule has 0 radical (unpaired) electrons. The molecular weight excluding hydrogens is 741 g/mol. The molecule has 60 heavy (non-hydrogen) atoms. The summed E-state index contributed by atoms with van der Waals surface area (Å²) >= 11 is 0. The van der Waals surface area contributed by atoms with E-state index in [2.05, 4.69) is 102 Å². The van der Waals surface area contributed by atoms with Crippen LogP contribution >= 0.6 is 0 Å². The van der Waals surface area contributed by atoms with Gasteiger partial charge in [0.1, 0.15) is 0 Å². The molecule has 0 spiro atoms. The Balaban J connectivity index is 0.000000136. The van der Waals surface area contributed by atoms with E-state index >= 15 is 0 Å². The van der Waals surface area contributed by atoms with Crippen LogP contribution in [0.15, 0.2) is 122 Å². The van der Waals surface area contributed by atoms with Crippen LogP contribution in [-0.4, -0.2) is 39.0 Å². The van der Waals surface area contributed by atoms with Gasteiger partial charge in [-0.05, 0) is 183 Å². The molecule has 2 aromatic carbocycles. The van der Waals surface area contributed by atoms with Gasteiger partial charge in [0.25, 0.3) is 0 Å². The minimum absolute atomic E-state index is 0.314. The van der Waals surface area contributed by atoms with Crippen LogP contribution in [0.25, 0.3) is 32.8 Å². The van der Waals surface area contributed by atoms with Gasteiger partial charge in [0.05, 0.1) is 70.7 Å². The molecule has 4 aliphatic rings. The minimum atomic E-state index is -0.416. The molecule has 6 aromatic heterocycles. The van der Waals surface area contributed by atoms with Crippen molar-refractivity contribution in [2.45, 2.75) is 113 Å². The molecule has 6 heterocycles. The molecule has 2 atom stereocenters. The molecule has 0 aliphatic heterocycles. The second-order valence-electron chi connectivity index (χ2n) is 18.3. The highest BCUT2D eigenvalue weighted by Gasteiger charge is 2.36. The highest BCUT2D eigenvalue weighted by atomic mass is 16.3. The van der Waals surface area contributed by atoms with Gasteiger partial charge >= 0.3 is 0 Å². The lowest BCUT2D eigenvalue weighted by molar-refractivity contribution is 0.0753. The number of rotatable bonds is 8. The van der Waals surface area contributed by atoms with Gasteiger partial charge in [-0.1, -0.05) is 36.4 Å². The highest BCUT2D eigenvalue weighted by Crippen LogP contribution is 2.49. The molecule has 4 aliphatic carbocycles. The average molecular weight is 795 g/mol. The maximum absolute atomic E-state index is 11.5. The van der Waals surface area contributed by atoms with Gasteiger partial charge in [-0.15, -0.1) is 0 Å². The SMILES string of the molecule is O[C@@H](c1c(C2CC2)ccc2cncn12)C1CCC(c2ccc3ncccc3c2)CC1.O[C@H](c1c(C2CC2)ccc2cncn12)C1CCC(c2ccc3ncccc3c2)CC1. The average Bonchev–Trinajstić information content (AvgIpc) is 4.24. The van der Waals surface area contributed by atoms with Crippen molar-refractivity contribution in [2.24, 2.45) is 11.8 Å². The predicted molar refractivity (Wildman–Crippen MR) is 237 cm³/mol. The summed E-state index contributed by atoms with van der Waals surface area (Å²) in [4.78, 5) is 17.6. The van der Waals surface area contributed by atoms with E-state index in [1.807, 2.05) is 49.6 Å². The number of fused-ring (bicyclic) bond motifs is 4. The number of aliphatic hydroxyl groups excluding tert-OH is 2. The first-order chi connectivity index (χ1) is 29.6. The molecule has 0 bridgehead atoms. The Morgan fingerprint density at radius 2 is 0.883 bits per heavy atom. The van der Waals surface area contributed by atoms with Crippen molar-refractivity contribution in [1.82, 2.24) is 28.7 Å². The van der Waals surface area contributed by atoms with Crippen LogP contribution in [0.5, 0.6) is 0 Å². The van der Waals surface area contributed by atoms with Crippen molar-refractivity contribution >= 4 is 32.8 Å². The smallest absolute Gasteiger partial charge is 0.0995 e. The van der Waals surface area contributed by atoms with Gasteiger partial charge in [0, 0.05) is 23.2 Å². The van der Waals surface area contributed by atoms with Crippen LogP contribution in [-0.2, 0) is 0 Å². The Hall–Kier alpha value is -5.44. The van der Waals surface area contributed by atoms with E-state index in [1.165, 1.54) is 58.7 Å². The number of pyridine rings is 4. The minimum Gasteiger partial charge on any atom is -0.387 e. The van der Waals surface area contributed by atoms with E-state index in [4.69, 9.17) is 0 Å². The first-order valence-corrected chi connectivity index (χ1v) is 22.5. The summed E-state index contributed by atoms with van der Waals surface area (Å²) in [5, 5.41) is 25.4. The summed E-state index contributed by atoms with van der Waals surface area (Å²) < 4.78 is 4.25. The van der Waals surface area contributed by atoms with E-state index in [9.17, 15) is 10.2 Å². The predicted octanol–water partition coefficient (Wildman–Crippen LogP) is 11.5. The Bertz CT molecular complexity index is 2590. The van der Waals surface area contributed by atoms with E-state index in [-0.39, 0.29) is 0 Å². The standard InChI is InChI=1S/2C26H27N3O/c2*30-26(25-23(18-5-6-18)11-10-22-15-27-16-29(22)25)19-7-3-17(4-8-19)20-9-12-24-21(14-20)2-1-13-28-24/h2*1-2,9-19,26,30H,3-8H2/t2*17?,19?,26-/m10/s1. The third kappa shape index (κ3) is 7.28. The fraction of sp³-hybridized carbons (Fsp3) is 0.385. The number of benzene rings is 2. The van der Waals surface area contributed by atoms with E-state index in [0.717, 1.165) is 84.8 Å². The maximum Gasteiger partial charge on any atom is 0.0995 e. The summed E-state index contributed by atoms with van der Waals surface area (Å²) in [5.74, 6) is 3.01. The highest BCUT2D eigenvalue weighted by molar-refractivity contribution is 5.79. The Morgan fingerprint density at radius 3 is 1.30 bits per heavy atom. The molecule has 12 rings (SSSR count). The number of aliphatic hydroxyl groups is 2. The Morgan fingerprint density at radius 1 is 0.467 bits per heavy atom. The molecule has 304 valence electrons. The fourth-order valence-corrected chi connectivity index (χ4v) is 10.8. The third-order valence-electron chi connectivity index (χ3n) is 14.5. The van der Waals surface area contributed by atoms with E-state index < -0.39 is 12.2 Å². The van der Waals surface area contributed by atoms with Gasteiger partial charge in [-0.25, -0.2) is 9.97 Å². The van der Waals surface area contributed by atoms with Crippen molar-refractivity contribution in [3.8, 4) is 0 Å².